The summed E-state index contributed by atoms with van der Waals surface area (Å²) < 4.78 is 1.91. The van der Waals surface area contributed by atoms with Crippen molar-refractivity contribution in [3.63, 3.8) is 0 Å². The highest BCUT2D eigenvalue weighted by Crippen LogP contribution is 2.28. The zero-order chi connectivity index (χ0) is 22.8. The van der Waals surface area contributed by atoms with Crippen molar-refractivity contribution in [1.29, 1.82) is 0 Å². The van der Waals surface area contributed by atoms with Crippen LogP contribution in [0.3, 0.4) is 0 Å². The van der Waals surface area contributed by atoms with Gasteiger partial charge in [0.1, 0.15) is 0 Å². The van der Waals surface area contributed by atoms with E-state index in [1.165, 1.54) is 0 Å². The molecule has 0 radical (unpaired) electrons. The molecule has 1 aliphatic heterocycles. The summed E-state index contributed by atoms with van der Waals surface area (Å²) in [6.07, 6.45) is 2.17. The number of carbonyl (C=O) groups excluding carboxylic acids is 3. The summed E-state index contributed by atoms with van der Waals surface area (Å²) in [5, 5.41) is 16.5. The molecular weight excluding hydrogens is 408 g/mol. The van der Waals surface area contributed by atoms with E-state index in [1.54, 1.807) is 23.1 Å². The van der Waals surface area contributed by atoms with E-state index in [9.17, 15) is 19.5 Å². The van der Waals surface area contributed by atoms with Gasteiger partial charge >= 0.3 is 11.8 Å². The Balaban J connectivity index is 1.39. The largest absolute Gasteiger partial charge is 0.386 e. The molecule has 1 aromatic heterocycles. The standard InChI is InChI=1S/C24H26N4O4/c1-15-9-10-16(12-20(15)28-11-5-8-22(28)30)26-24(32)23(31)25-13-21(29)18-14-27(2)19-7-4-3-6-17(18)19/h3-4,6-7,9-10,12,14,21,29H,5,8,11,13H2,1-2H3,(H,25,31)(H,26,32). The minimum atomic E-state index is -0.954. The Morgan fingerprint density at radius 1 is 1.16 bits per heavy atom. The van der Waals surface area contributed by atoms with Crippen LogP contribution in [-0.2, 0) is 21.4 Å². The number of nitrogens with one attached hydrogen (secondary N) is 2. The fraction of sp³-hybridized carbons (Fsp3) is 0.292. The number of fused-ring (bicyclic) bond motifs is 1. The third-order valence-electron chi connectivity index (χ3n) is 5.78. The fourth-order valence-corrected chi connectivity index (χ4v) is 4.09. The molecule has 32 heavy (non-hydrogen) atoms. The maximum Gasteiger partial charge on any atom is 0.313 e. The zero-order valence-electron chi connectivity index (χ0n) is 18.1. The molecule has 166 valence electrons. The van der Waals surface area contributed by atoms with Gasteiger partial charge in [-0.25, -0.2) is 0 Å². The van der Waals surface area contributed by atoms with Crippen LogP contribution >= 0.6 is 0 Å². The van der Waals surface area contributed by atoms with Crippen molar-refractivity contribution in [2.24, 2.45) is 7.05 Å². The molecule has 1 saturated heterocycles. The molecule has 1 unspecified atom stereocenters. The van der Waals surface area contributed by atoms with Crippen molar-refractivity contribution in [3.05, 3.63) is 59.8 Å². The zero-order valence-corrected chi connectivity index (χ0v) is 18.1. The number of aryl methyl sites for hydroxylation is 2. The summed E-state index contributed by atoms with van der Waals surface area (Å²) in [4.78, 5) is 38.4. The lowest BCUT2D eigenvalue weighted by molar-refractivity contribution is -0.136. The molecule has 1 aliphatic rings. The normalized spacial score (nSPS) is 14.6. The van der Waals surface area contributed by atoms with Crippen LogP contribution in [0, 0.1) is 6.92 Å². The van der Waals surface area contributed by atoms with Crippen molar-refractivity contribution < 1.29 is 19.5 Å². The van der Waals surface area contributed by atoms with Gasteiger partial charge in [-0.05, 0) is 37.1 Å². The van der Waals surface area contributed by atoms with Crippen molar-refractivity contribution in [3.8, 4) is 0 Å². The number of aliphatic hydroxyl groups is 1. The predicted molar refractivity (Wildman–Crippen MR) is 122 cm³/mol. The number of hydrogen-bond donors (Lipinski definition) is 3. The van der Waals surface area contributed by atoms with Crippen molar-refractivity contribution in [2.45, 2.75) is 25.9 Å². The Bertz CT molecular complexity index is 1200. The Kier molecular flexibility index (Phi) is 5.96. The summed E-state index contributed by atoms with van der Waals surface area (Å²) in [6.45, 7) is 2.44. The molecule has 4 rings (SSSR count). The first kappa shape index (κ1) is 21.6. The molecule has 0 saturated carbocycles. The average Bonchev–Trinajstić information content (AvgIpc) is 3.36. The number of rotatable bonds is 5. The van der Waals surface area contributed by atoms with E-state index in [4.69, 9.17) is 0 Å². The van der Waals surface area contributed by atoms with E-state index in [0.29, 0.717) is 24.2 Å². The average molecular weight is 434 g/mol. The fourth-order valence-electron chi connectivity index (χ4n) is 4.09. The molecule has 3 aromatic rings. The van der Waals surface area contributed by atoms with Crippen molar-refractivity contribution >= 4 is 40.0 Å². The lowest BCUT2D eigenvalue weighted by atomic mass is 10.1. The number of hydrogen-bond acceptors (Lipinski definition) is 4. The molecular formula is C24H26N4O4. The van der Waals surface area contributed by atoms with Gasteiger partial charge in [-0.1, -0.05) is 24.3 Å². The van der Waals surface area contributed by atoms with Gasteiger partial charge in [0.05, 0.1) is 6.10 Å². The van der Waals surface area contributed by atoms with Gasteiger partial charge in [-0.3, -0.25) is 14.4 Å². The number of amides is 3. The molecule has 3 amide bonds. The highest BCUT2D eigenvalue weighted by Gasteiger charge is 2.24. The first-order valence-corrected chi connectivity index (χ1v) is 10.6. The summed E-state index contributed by atoms with van der Waals surface area (Å²) >= 11 is 0. The highest BCUT2D eigenvalue weighted by molar-refractivity contribution is 6.39. The molecule has 8 nitrogen and oxygen atoms in total. The smallest absolute Gasteiger partial charge is 0.313 e. The van der Waals surface area contributed by atoms with E-state index in [1.807, 2.05) is 49.0 Å². The molecule has 3 N–H and O–H groups in total. The SMILES string of the molecule is Cc1ccc(NC(=O)C(=O)NCC(O)c2cn(C)c3ccccc23)cc1N1CCCC1=O. The van der Waals surface area contributed by atoms with E-state index in [2.05, 4.69) is 10.6 Å². The van der Waals surface area contributed by atoms with Gasteiger partial charge in [-0.2, -0.15) is 0 Å². The van der Waals surface area contributed by atoms with Gasteiger partial charge in [0.25, 0.3) is 0 Å². The van der Waals surface area contributed by atoms with E-state index < -0.39 is 17.9 Å². The lowest BCUT2D eigenvalue weighted by Crippen LogP contribution is -2.37. The minimum Gasteiger partial charge on any atom is -0.386 e. The van der Waals surface area contributed by atoms with Crippen LogP contribution in [0.15, 0.2) is 48.7 Å². The highest BCUT2D eigenvalue weighted by atomic mass is 16.3. The number of aliphatic hydroxyl groups excluding tert-OH is 1. The van der Waals surface area contributed by atoms with Crippen LogP contribution < -0.4 is 15.5 Å². The lowest BCUT2D eigenvalue weighted by Gasteiger charge is -2.19. The molecule has 2 heterocycles. The maximum absolute atomic E-state index is 12.4. The Morgan fingerprint density at radius 2 is 1.94 bits per heavy atom. The van der Waals surface area contributed by atoms with Gasteiger partial charge in [0, 0.05) is 60.6 Å². The van der Waals surface area contributed by atoms with Crippen LogP contribution in [0.1, 0.15) is 30.1 Å². The second-order valence-electron chi connectivity index (χ2n) is 8.04. The quantitative estimate of drug-likeness (QED) is 0.537. The number of anilines is 2. The van der Waals surface area contributed by atoms with E-state index in [-0.39, 0.29) is 12.5 Å². The molecule has 1 fully saturated rings. The van der Waals surface area contributed by atoms with Crippen LogP contribution in [0.25, 0.3) is 10.9 Å². The second kappa shape index (κ2) is 8.84. The topological polar surface area (TPSA) is 104 Å². The monoisotopic (exact) mass is 434 g/mol. The molecule has 0 aliphatic carbocycles. The van der Waals surface area contributed by atoms with Crippen molar-refractivity contribution in [1.82, 2.24) is 9.88 Å². The van der Waals surface area contributed by atoms with Gasteiger partial charge in [0.2, 0.25) is 5.91 Å². The van der Waals surface area contributed by atoms with Crippen LogP contribution in [0.4, 0.5) is 11.4 Å². The molecule has 1 atom stereocenters. The summed E-state index contributed by atoms with van der Waals surface area (Å²) in [5.74, 6) is -1.63. The minimum absolute atomic E-state index is 0.0525. The number of nitrogens with zero attached hydrogens (tertiary/aromatic N) is 2. The predicted octanol–water partition coefficient (Wildman–Crippen LogP) is 2.40. The maximum atomic E-state index is 12.4. The molecule has 2 aromatic carbocycles. The van der Waals surface area contributed by atoms with Crippen molar-refractivity contribution in [2.75, 3.05) is 23.3 Å². The molecule has 0 bridgehead atoms. The first-order chi connectivity index (χ1) is 15.3. The number of carbonyl (C=O) groups is 3. The van der Waals surface area contributed by atoms with Crippen LogP contribution in [0.2, 0.25) is 0 Å². The Hall–Kier alpha value is -3.65. The van der Waals surface area contributed by atoms with Gasteiger partial charge in [-0.15, -0.1) is 0 Å². The Labute approximate surface area is 185 Å². The summed E-state index contributed by atoms with van der Waals surface area (Å²) in [7, 11) is 1.89. The van der Waals surface area contributed by atoms with Gasteiger partial charge < -0.3 is 25.2 Å². The third kappa shape index (κ3) is 4.22. The second-order valence-corrected chi connectivity index (χ2v) is 8.04. The Morgan fingerprint density at radius 3 is 2.69 bits per heavy atom. The number of para-hydroxylation sites is 1. The summed E-state index contributed by atoms with van der Waals surface area (Å²) in [6, 6.07) is 12.9. The van der Waals surface area contributed by atoms with E-state index >= 15 is 0 Å². The third-order valence-corrected chi connectivity index (χ3v) is 5.78. The molecule has 0 spiro atoms. The first-order valence-electron chi connectivity index (χ1n) is 10.6. The molecule has 8 heteroatoms. The summed E-state index contributed by atoms with van der Waals surface area (Å²) in [5.41, 5.74) is 3.73. The van der Waals surface area contributed by atoms with Crippen LogP contribution in [-0.4, -0.2) is 40.5 Å². The number of aromatic nitrogens is 1. The van der Waals surface area contributed by atoms with Gasteiger partial charge in [0.15, 0.2) is 0 Å². The van der Waals surface area contributed by atoms with Crippen LogP contribution in [0.5, 0.6) is 0 Å². The number of benzene rings is 2. The van der Waals surface area contributed by atoms with E-state index in [0.717, 1.165) is 28.6 Å².